The highest BCUT2D eigenvalue weighted by Crippen LogP contribution is 2.16. The Balaban J connectivity index is 0.000000201. The number of hydrogen-bond donors (Lipinski definition) is 0. The molecule has 0 aliphatic heterocycles. The molecule has 0 aromatic carbocycles. The first-order valence-corrected chi connectivity index (χ1v) is 20.2. The highest BCUT2D eigenvalue weighted by molar-refractivity contribution is 6.76. The van der Waals surface area contributed by atoms with E-state index in [1.807, 2.05) is 18.3 Å². The van der Waals surface area contributed by atoms with Gasteiger partial charge in [0.25, 0.3) is 0 Å². The van der Waals surface area contributed by atoms with Crippen molar-refractivity contribution in [3.8, 4) is 0 Å². The molecule has 0 saturated carbocycles. The Kier molecular flexibility index (Phi) is 10.1. The van der Waals surface area contributed by atoms with Crippen molar-refractivity contribution in [2.75, 3.05) is 13.2 Å². The topological polar surface area (TPSA) is 79.9 Å². The van der Waals surface area contributed by atoms with Gasteiger partial charge < -0.3 is 9.47 Å². The molecule has 4 aromatic heterocycles. The molecule has 0 spiro atoms. The lowest BCUT2D eigenvalue weighted by atomic mass is 10.4. The maximum atomic E-state index is 5.88. The van der Waals surface area contributed by atoms with E-state index in [0.29, 0.717) is 29.4 Å². The van der Waals surface area contributed by atoms with Crippen LogP contribution in [0.25, 0.3) is 22.1 Å². The molecule has 0 fully saturated rings. The summed E-state index contributed by atoms with van der Waals surface area (Å²) in [4.78, 5) is 8.41. The van der Waals surface area contributed by atoms with E-state index in [0.717, 1.165) is 41.7 Å². The molecule has 8 nitrogen and oxygen atoms in total. The van der Waals surface area contributed by atoms with Crippen LogP contribution in [-0.4, -0.2) is 58.9 Å². The molecule has 0 aliphatic carbocycles. The van der Waals surface area contributed by atoms with E-state index in [1.165, 1.54) is 0 Å². The zero-order valence-electron chi connectivity index (χ0n) is 22.0. The summed E-state index contributed by atoms with van der Waals surface area (Å²) in [6.07, 6.45) is 3.70. The number of fused-ring (bicyclic) bond motifs is 2. The predicted octanol–water partition coefficient (Wildman–Crippen LogP) is 6.79. The zero-order valence-corrected chi connectivity index (χ0v) is 25.5. The minimum atomic E-state index is -1.03. The minimum Gasteiger partial charge on any atom is -0.360 e. The summed E-state index contributed by atoms with van der Waals surface area (Å²) in [5.41, 5.74) is 1.44. The van der Waals surface area contributed by atoms with Crippen molar-refractivity contribution in [1.29, 1.82) is 0 Å². The molecule has 0 N–H and O–H groups in total. The van der Waals surface area contributed by atoms with Gasteiger partial charge in [0.2, 0.25) is 0 Å². The average molecular weight is 568 g/mol. The van der Waals surface area contributed by atoms with Crippen molar-refractivity contribution in [3.05, 3.63) is 47.0 Å². The number of rotatable bonds is 10. The lowest BCUT2D eigenvalue weighted by molar-refractivity contribution is 0.0790. The van der Waals surface area contributed by atoms with E-state index in [4.69, 9.17) is 32.7 Å². The maximum absolute atomic E-state index is 5.88. The van der Waals surface area contributed by atoms with Gasteiger partial charge in [-0.25, -0.2) is 19.3 Å². The molecule has 0 aliphatic rings. The van der Waals surface area contributed by atoms with Gasteiger partial charge in [0.15, 0.2) is 11.3 Å². The van der Waals surface area contributed by atoms with Crippen LogP contribution in [0.15, 0.2) is 36.7 Å². The van der Waals surface area contributed by atoms with Crippen LogP contribution in [0.5, 0.6) is 0 Å². The first kappa shape index (κ1) is 28.7. The molecule has 4 aromatic rings. The van der Waals surface area contributed by atoms with Gasteiger partial charge in [-0.2, -0.15) is 10.2 Å². The van der Waals surface area contributed by atoms with Gasteiger partial charge in [0.05, 0.1) is 6.20 Å². The van der Waals surface area contributed by atoms with Crippen molar-refractivity contribution >= 4 is 61.4 Å². The van der Waals surface area contributed by atoms with Crippen molar-refractivity contribution in [2.24, 2.45) is 0 Å². The summed E-state index contributed by atoms with van der Waals surface area (Å²) in [6.45, 7) is 16.5. The number of hydrogen-bond acceptors (Lipinski definition) is 6. The van der Waals surface area contributed by atoms with Crippen molar-refractivity contribution in [1.82, 2.24) is 29.5 Å². The zero-order chi connectivity index (χ0) is 26.3. The van der Waals surface area contributed by atoms with Crippen LogP contribution in [0.2, 0.25) is 61.7 Å². The van der Waals surface area contributed by atoms with E-state index < -0.39 is 16.1 Å². The lowest BCUT2D eigenvalue weighted by Gasteiger charge is -2.15. The lowest BCUT2D eigenvalue weighted by Crippen LogP contribution is -2.22. The van der Waals surface area contributed by atoms with Crippen LogP contribution in [0.1, 0.15) is 0 Å². The van der Waals surface area contributed by atoms with Crippen molar-refractivity contribution in [2.45, 2.75) is 64.8 Å². The summed E-state index contributed by atoms with van der Waals surface area (Å²) in [7, 11) is -2.05. The van der Waals surface area contributed by atoms with Crippen LogP contribution in [-0.2, 0) is 22.9 Å². The number of nitrogens with zero attached hydrogens (tertiary/aromatic N) is 6. The molecule has 0 atom stereocenters. The molecule has 4 heterocycles. The predicted molar refractivity (Wildman–Crippen MR) is 153 cm³/mol. The molecule has 12 heteroatoms. The third kappa shape index (κ3) is 9.57. The second-order valence-electron chi connectivity index (χ2n) is 11.1. The monoisotopic (exact) mass is 566 g/mol. The molecule has 0 bridgehead atoms. The Morgan fingerprint density at radius 1 is 0.778 bits per heavy atom. The fourth-order valence-electron chi connectivity index (χ4n) is 3.08. The van der Waals surface area contributed by atoms with E-state index in [9.17, 15) is 0 Å². The SMILES string of the molecule is C[Si](C)(C)CCOCn1cc2ccc(Cl)nc2n1.C[Si](C)(C)CCOCn1ncc2ccc(Cl)nc21. The Bertz CT molecular complexity index is 1260. The number of pyridine rings is 2. The highest BCUT2D eigenvalue weighted by Gasteiger charge is 2.13. The van der Waals surface area contributed by atoms with E-state index in [-0.39, 0.29) is 0 Å². The van der Waals surface area contributed by atoms with Gasteiger partial charge in [-0.3, -0.25) is 0 Å². The largest absolute Gasteiger partial charge is 0.360 e. The van der Waals surface area contributed by atoms with Crippen molar-refractivity contribution in [3.63, 3.8) is 0 Å². The van der Waals surface area contributed by atoms with Crippen LogP contribution in [0, 0.1) is 0 Å². The fraction of sp³-hybridized carbons (Fsp3) is 0.500. The standard InChI is InChI=1S/2C12H18ClN3OSi/c1-18(2,3)7-6-17-9-16-8-10-4-5-11(13)14-12(10)15-16;1-18(2,3)7-6-17-9-16-12-10(8-14-16)4-5-11(13)15-12/h2*4-5,8H,6-7,9H2,1-3H3. The normalized spacial score (nSPS) is 12.2. The molecular formula is C24H36Cl2N6O2Si2. The molecular weight excluding hydrogens is 531 g/mol. The number of aromatic nitrogens is 6. The number of halogens is 2. The van der Waals surface area contributed by atoms with Gasteiger partial charge in [-0.1, -0.05) is 62.5 Å². The van der Waals surface area contributed by atoms with Crippen LogP contribution >= 0.6 is 23.2 Å². The van der Waals surface area contributed by atoms with Crippen molar-refractivity contribution < 1.29 is 9.47 Å². The summed E-state index contributed by atoms with van der Waals surface area (Å²) in [5.74, 6) is 0. The Labute approximate surface area is 224 Å². The third-order valence-corrected chi connectivity index (χ3v) is 9.09. The quantitative estimate of drug-likeness (QED) is 0.119. The first-order chi connectivity index (χ1) is 16.9. The minimum absolute atomic E-state index is 0.432. The van der Waals surface area contributed by atoms with Gasteiger partial charge >= 0.3 is 0 Å². The smallest absolute Gasteiger partial charge is 0.182 e. The second kappa shape index (κ2) is 12.6. The highest BCUT2D eigenvalue weighted by atomic mass is 35.5. The van der Waals surface area contributed by atoms with E-state index in [1.54, 1.807) is 27.7 Å². The summed E-state index contributed by atoms with van der Waals surface area (Å²) < 4.78 is 14.8. The number of ether oxygens (including phenoxy) is 2. The summed E-state index contributed by atoms with van der Waals surface area (Å²) >= 11 is 11.7. The maximum Gasteiger partial charge on any atom is 0.182 e. The Morgan fingerprint density at radius 2 is 1.36 bits per heavy atom. The van der Waals surface area contributed by atoms with Crippen LogP contribution < -0.4 is 0 Å². The first-order valence-electron chi connectivity index (χ1n) is 12.0. The summed E-state index contributed by atoms with van der Waals surface area (Å²) in [6, 6.07) is 9.68. The van der Waals surface area contributed by atoms with Crippen LogP contribution in [0.3, 0.4) is 0 Å². The van der Waals surface area contributed by atoms with Crippen LogP contribution in [0.4, 0.5) is 0 Å². The molecule has 36 heavy (non-hydrogen) atoms. The fourth-order valence-corrected chi connectivity index (χ4v) is 4.88. The molecule has 0 radical (unpaired) electrons. The van der Waals surface area contributed by atoms with Gasteiger partial charge in [-0.15, -0.1) is 0 Å². The van der Waals surface area contributed by atoms with Gasteiger partial charge in [0.1, 0.15) is 23.8 Å². The van der Waals surface area contributed by atoms with E-state index >= 15 is 0 Å². The summed E-state index contributed by atoms with van der Waals surface area (Å²) in [5, 5.41) is 11.5. The Hall–Kier alpha value is -1.83. The van der Waals surface area contributed by atoms with E-state index in [2.05, 4.69) is 59.4 Å². The molecule has 4 rings (SSSR count). The molecule has 0 unspecified atom stereocenters. The molecule has 196 valence electrons. The molecule has 0 amide bonds. The van der Waals surface area contributed by atoms with Gasteiger partial charge in [-0.05, 0) is 36.4 Å². The molecule has 0 saturated heterocycles. The van der Waals surface area contributed by atoms with Gasteiger partial charge in [0, 0.05) is 46.3 Å². The Morgan fingerprint density at radius 3 is 2.00 bits per heavy atom. The average Bonchev–Trinajstić information content (AvgIpc) is 3.36. The third-order valence-electron chi connectivity index (χ3n) is 5.26. The second-order valence-corrected chi connectivity index (χ2v) is 23.1.